The molecule has 4 rings (SSSR count). The van der Waals surface area contributed by atoms with Crippen LogP contribution in [0.2, 0.25) is 0 Å². The van der Waals surface area contributed by atoms with E-state index in [9.17, 15) is 14.4 Å². The van der Waals surface area contributed by atoms with Crippen molar-refractivity contribution in [3.63, 3.8) is 0 Å². The van der Waals surface area contributed by atoms with Crippen LogP contribution in [0.15, 0.2) is 59.3 Å². The predicted octanol–water partition coefficient (Wildman–Crippen LogP) is 4.63. The van der Waals surface area contributed by atoms with Gasteiger partial charge in [-0.3, -0.25) is 14.4 Å². The van der Waals surface area contributed by atoms with Gasteiger partial charge in [-0.1, -0.05) is 43.1 Å². The van der Waals surface area contributed by atoms with Gasteiger partial charge in [-0.2, -0.15) is 0 Å². The molecule has 2 heterocycles. The van der Waals surface area contributed by atoms with Crippen molar-refractivity contribution in [2.75, 3.05) is 37.4 Å². The molecule has 3 amide bonds. The van der Waals surface area contributed by atoms with Gasteiger partial charge in [-0.05, 0) is 81.7 Å². The lowest BCUT2D eigenvalue weighted by atomic mass is 10.0. The van der Waals surface area contributed by atoms with E-state index >= 15 is 0 Å². The monoisotopic (exact) mass is 508 g/mol. The lowest BCUT2D eigenvalue weighted by Gasteiger charge is -2.35. The molecule has 2 aliphatic rings. The Morgan fingerprint density at radius 1 is 1.08 bits per heavy atom. The number of imide groups is 1. The van der Waals surface area contributed by atoms with Gasteiger partial charge in [0.2, 0.25) is 0 Å². The standard InChI is InChI=1S/C28H33ClN4O3/c1-4-5-7-19-10-12-23(13-11-19)33-27(35)24(29)25(28(33)36)30-21-9-6-8-20(18-21)26(34)32(3)22-14-16-31(2)17-15-22/h6,8-13,18,22,30H,4-5,7,14-17H2,1-3H3. The number of aryl methyl sites for hydroxylation is 1. The summed E-state index contributed by atoms with van der Waals surface area (Å²) in [5.41, 5.74) is 2.66. The number of piperidine rings is 1. The largest absolute Gasteiger partial charge is 0.350 e. The Kier molecular flexibility index (Phi) is 8.11. The van der Waals surface area contributed by atoms with Gasteiger partial charge < -0.3 is 15.1 Å². The number of likely N-dealkylation sites (tertiary alicyclic amines) is 1. The van der Waals surface area contributed by atoms with Crippen LogP contribution in [0.3, 0.4) is 0 Å². The Morgan fingerprint density at radius 2 is 1.78 bits per heavy atom. The molecule has 0 saturated carbocycles. The molecule has 1 saturated heterocycles. The van der Waals surface area contributed by atoms with Crippen LogP contribution >= 0.6 is 11.6 Å². The number of hydrogen-bond donors (Lipinski definition) is 1. The van der Waals surface area contributed by atoms with Crippen LogP contribution < -0.4 is 10.2 Å². The minimum atomic E-state index is -0.570. The van der Waals surface area contributed by atoms with Gasteiger partial charge >= 0.3 is 0 Å². The Morgan fingerprint density at radius 3 is 2.44 bits per heavy atom. The summed E-state index contributed by atoms with van der Waals surface area (Å²) >= 11 is 6.31. The zero-order valence-electron chi connectivity index (χ0n) is 21.1. The predicted molar refractivity (Wildman–Crippen MR) is 143 cm³/mol. The van der Waals surface area contributed by atoms with E-state index in [1.165, 1.54) is 0 Å². The summed E-state index contributed by atoms with van der Waals surface area (Å²) in [5, 5.41) is 2.82. The highest BCUT2D eigenvalue weighted by molar-refractivity contribution is 6.53. The first-order valence-corrected chi connectivity index (χ1v) is 12.9. The normalized spacial score (nSPS) is 17.2. The maximum absolute atomic E-state index is 13.2. The summed E-state index contributed by atoms with van der Waals surface area (Å²) in [6.07, 6.45) is 5.00. The lowest BCUT2D eigenvalue weighted by molar-refractivity contribution is -0.120. The van der Waals surface area contributed by atoms with Crippen molar-refractivity contribution in [1.82, 2.24) is 9.80 Å². The van der Waals surface area contributed by atoms with Crippen molar-refractivity contribution in [3.05, 3.63) is 70.4 Å². The number of carbonyl (C=O) groups excluding carboxylic acids is 3. The molecule has 2 aromatic carbocycles. The highest BCUT2D eigenvalue weighted by Gasteiger charge is 2.39. The molecule has 0 aliphatic carbocycles. The fourth-order valence-corrected chi connectivity index (χ4v) is 4.88. The summed E-state index contributed by atoms with van der Waals surface area (Å²) in [5.74, 6) is -1.17. The fraction of sp³-hybridized carbons (Fsp3) is 0.393. The fourth-order valence-electron chi connectivity index (χ4n) is 4.66. The molecule has 0 unspecified atom stereocenters. The van der Waals surface area contributed by atoms with Crippen molar-refractivity contribution >= 4 is 40.7 Å². The molecular formula is C28H33ClN4O3. The quantitative estimate of drug-likeness (QED) is 0.526. The highest BCUT2D eigenvalue weighted by atomic mass is 35.5. The maximum Gasteiger partial charge on any atom is 0.283 e. The van der Waals surface area contributed by atoms with Crippen molar-refractivity contribution in [1.29, 1.82) is 0 Å². The van der Waals surface area contributed by atoms with Crippen molar-refractivity contribution in [2.24, 2.45) is 0 Å². The van der Waals surface area contributed by atoms with Gasteiger partial charge in [-0.25, -0.2) is 4.90 Å². The average molecular weight is 509 g/mol. The molecule has 1 N–H and O–H groups in total. The summed E-state index contributed by atoms with van der Waals surface area (Å²) in [6, 6.07) is 14.5. The Labute approximate surface area is 217 Å². The minimum absolute atomic E-state index is 0.00463. The number of nitrogens with zero attached hydrogens (tertiary/aromatic N) is 3. The third-order valence-corrected chi connectivity index (χ3v) is 7.33. The maximum atomic E-state index is 13.2. The number of hydrogen-bond acceptors (Lipinski definition) is 5. The molecule has 0 atom stereocenters. The second kappa shape index (κ2) is 11.3. The molecule has 0 spiro atoms. The Hall–Kier alpha value is -3.16. The van der Waals surface area contributed by atoms with Gasteiger partial charge in [-0.15, -0.1) is 0 Å². The van der Waals surface area contributed by atoms with Crippen LogP contribution in [0, 0.1) is 0 Å². The summed E-state index contributed by atoms with van der Waals surface area (Å²) < 4.78 is 0. The molecule has 0 aromatic heterocycles. The van der Waals surface area contributed by atoms with E-state index in [1.54, 1.807) is 41.3 Å². The second-order valence-corrected chi connectivity index (χ2v) is 9.94. The van der Waals surface area contributed by atoms with E-state index in [2.05, 4.69) is 24.2 Å². The molecule has 2 aromatic rings. The third kappa shape index (κ3) is 5.47. The SMILES string of the molecule is CCCCc1ccc(N2C(=O)C(Cl)=C(Nc3cccc(C(=O)N(C)C4CCN(C)CC4)c3)C2=O)cc1. The third-order valence-electron chi connectivity index (χ3n) is 6.98. The lowest BCUT2D eigenvalue weighted by Crippen LogP contribution is -2.44. The van der Waals surface area contributed by atoms with Crippen molar-refractivity contribution in [2.45, 2.75) is 45.1 Å². The van der Waals surface area contributed by atoms with E-state index in [1.807, 2.05) is 19.2 Å². The number of anilines is 2. The number of carbonyl (C=O) groups is 3. The smallest absolute Gasteiger partial charge is 0.283 e. The van der Waals surface area contributed by atoms with Crippen LogP contribution in [0.25, 0.3) is 0 Å². The minimum Gasteiger partial charge on any atom is -0.350 e. The second-order valence-electron chi connectivity index (χ2n) is 9.56. The molecular weight excluding hydrogens is 476 g/mol. The first-order valence-electron chi connectivity index (χ1n) is 12.5. The Balaban J connectivity index is 1.47. The van der Waals surface area contributed by atoms with E-state index in [4.69, 9.17) is 11.6 Å². The topological polar surface area (TPSA) is 73.0 Å². The van der Waals surface area contributed by atoms with E-state index < -0.39 is 11.8 Å². The Bertz CT molecular complexity index is 1170. The summed E-state index contributed by atoms with van der Waals surface area (Å²) in [7, 11) is 3.92. The van der Waals surface area contributed by atoms with Gasteiger partial charge in [0.05, 0.1) is 5.69 Å². The van der Waals surface area contributed by atoms with Gasteiger partial charge in [0.1, 0.15) is 10.7 Å². The van der Waals surface area contributed by atoms with Gasteiger partial charge in [0.15, 0.2) is 0 Å². The van der Waals surface area contributed by atoms with Crippen molar-refractivity contribution < 1.29 is 14.4 Å². The van der Waals surface area contributed by atoms with Crippen molar-refractivity contribution in [3.8, 4) is 0 Å². The zero-order valence-corrected chi connectivity index (χ0v) is 21.8. The first-order chi connectivity index (χ1) is 17.3. The number of rotatable bonds is 8. The number of unbranched alkanes of at least 4 members (excludes halogenated alkanes) is 1. The van der Waals surface area contributed by atoms with Crippen LogP contribution in [0.1, 0.15) is 48.5 Å². The van der Waals surface area contributed by atoms with E-state index in [0.717, 1.165) is 55.7 Å². The highest BCUT2D eigenvalue weighted by Crippen LogP contribution is 2.31. The van der Waals surface area contributed by atoms with Crippen LogP contribution in [0.5, 0.6) is 0 Å². The zero-order chi connectivity index (χ0) is 25.8. The molecule has 8 heteroatoms. The molecule has 0 bridgehead atoms. The molecule has 7 nitrogen and oxygen atoms in total. The number of halogens is 1. The molecule has 1 fully saturated rings. The molecule has 2 aliphatic heterocycles. The summed E-state index contributed by atoms with van der Waals surface area (Å²) in [4.78, 5) is 44.3. The molecule has 0 radical (unpaired) electrons. The number of nitrogens with one attached hydrogen (secondary N) is 1. The van der Waals surface area contributed by atoms with Crippen LogP contribution in [-0.4, -0.2) is 60.7 Å². The van der Waals surface area contributed by atoms with E-state index in [-0.39, 0.29) is 22.7 Å². The van der Waals surface area contributed by atoms with Crippen LogP contribution in [0.4, 0.5) is 11.4 Å². The number of benzene rings is 2. The molecule has 190 valence electrons. The van der Waals surface area contributed by atoms with Gasteiger partial charge in [0, 0.05) is 24.3 Å². The van der Waals surface area contributed by atoms with E-state index in [0.29, 0.717) is 16.9 Å². The molecule has 36 heavy (non-hydrogen) atoms. The first kappa shape index (κ1) is 25.9. The number of amides is 3. The van der Waals surface area contributed by atoms with Gasteiger partial charge in [0.25, 0.3) is 17.7 Å². The van der Waals surface area contributed by atoms with Crippen LogP contribution in [-0.2, 0) is 16.0 Å². The average Bonchev–Trinajstić information content (AvgIpc) is 3.10. The summed E-state index contributed by atoms with van der Waals surface area (Å²) in [6.45, 7) is 4.06.